The summed E-state index contributed by atoms with van der Waals surface area (Å²) in [5.74, 6) is 1.07. The molecule has 4 aromatic rings. The summed E-state index contributed by atoms with van der Waals surface area (Å²) in [6.45, 7) is 1.34. The summed E-state index contributed by atoms with van der Waals surface area (Å²) in [6, 6.07) is 28.1. The molecule has 0 bridgehead atoms. The second kappa shape index (κ2) is 9.51. The third-order valence-electron chi connectivity index (χ3n) is 6.59. The first-order valence-corrected chi connectivity index (χ1v) is 11.7. The number of para-hydroxylation sites is 1. The Hall–Kier alpha value is -3.93. The number of aryl methyl sites for hydroxylation is 1. The molecule has 0 spiro atoms. The first-order valence-electron chi connectivity index (χ1n) is 11.7. The van der Waals surface area contributed by atoms with E-state index < -0.39 is 0 Å². The van der Waals surface area contributed by atoms with Gasteiger partial charge in [-0.15, -0.1) is 0 Å². The van der Waals surface area contributed by atoms with Gasteiger partial charge in [0.25, 0.3) is 0 Å². The van der Waals surface area contributed by atoms with Crippen LogP contribution in [0.4, 0.5) is 0 Å². The number of rotatable bonds is 5. The van der Waals surface area contributed by atoms with E-state index >= 15 is 0 Å². The molecule has 5 rings (SSSR count). The van der Waals surface area contributed by atoms with Crippen molar-refractivity contribution in [1.29, 1.82) is 0 Å². The van der Waals surface area contributed by atoms with Crippen LogP contribution in [0, 0.1) is 0 Å². The first kappa shape index (κ1) is 21.9. The predicted octanol–water partition coefficient (Wildman–Crippen LogP) is 4.19. The van der Waals surface area contributed by atoms with Crippen LogP contribution in [-0.2, 0) is 18.3 Å². The zero-order valence-electron chi connectivity index (χ0n) is 19.3. The molecule has 1 amide bonds. The van der Waals surface area contributed by atoms with Crippen molar-refractivity contribution in [3.8, 4) is 16.8 Å². The summed E-state index contributed by atoms with van der Waals surface area (Å²) >= 11 is 0. The number of likely N-dealkylation sites (tertiary alicyclic amines) is 1. The van der Waals surface area contributed by atoms with Gasteiger partial charge in [0, 0.05) is 26.1 Å². The molecule has 172 valence electrons. The van der Waals surface area contributed by atoms with E-state index in [9.17, 15) is 9.59 Å². The highest BCUT2D eigenvalue weighted by atomic mass is 16.2. The van der Waals surface area contributed by atoms with E-state index in [0.29, 0.717) is 19.5 Å². The average Bonchev–Trinajstić information content (AvgIpc) is 3.19. The van der Waals surface area contributed by atoms with Crippen LogP contribution in [0.2, 0.25) is 0 Å². The van der Waals surface area contributed by atoms with Crippen LogP contribution in [0.25, 0.3) is 16.8 Å². The average molecular weight is 453 g/mol. The molecule has 6 heteroatoms. The summed E-state index contributed by atoms with van der Waals surface area (Å²) < 4.78 is 3.11. The Morgan fingerprint density at radius 2 is 1.44 bits per heavy atom. The van der Waals surface area contributed by atoms with Gasteiger partial charge in [-0.25, -0.2) is 14.0 Å². The number of amides is 1. The Morgan fingerprint density at radius 3 is 2.09 bits per heavy atom. The van der Waals surface area contributed by atoms with E-state index in [-0.39, 0.29) is 17.5 Å². The van der Waals surface area contributed by atoms with Crippen molar-refractivity contribution in [3.63, 3.8) is 0 Å². The lowest BCUT2D eigenvalue weighted by molar-refractivity contribution is -0.131. The van der Waals surface area contributed by atoms with Crippen molar-refractivity contribution in [2.75, 3.05) is 13.1 Å². The first-order chi connectivity index (χ1) is 16.6. The maximum atomic E-state index is 13.0. The monoisotopic (exact) mass is 452 g/mol. The minimum atomic E-state index is -0.140. The molecular formula is C28H28N4O2. The zero-order valence-corrected chi connectivity index (χ0v) is 19.3. The van der Waals surface area contributed by atoms with Crippen molar-refractivity contribution in [2.45, 2.75) is 25.2 Å². The molecule has 0 radical (unpaired) electrons. The van der Waals surface area contributed by atoms with Crippen molar-refractivity contribution in [2.24, 2.45) is 7.05 Å². The van der Waals surface area contributed by atoms with E-state index in [4.69, 9.17) is 0 Å². The minimum absolute atomic E-state index is 0.140. The number of aromatic nitrogens is 3. The summed E-state index contributed by atoms with van der Waals surface area (Å²) in [7, 11) is 1.69. The molecule has 2 heterocycles. The van der Waals surface area contributed by atoms with Gasteiger partial charge in [-0.2, -0.15) is 5.10 Å². The van der Waals surface area contributed by atoms with Crippen LogP contribution in [0.15, 0.2) is 89.7 Å². The second-order valence-corrected chi connectivity index (χ2v) is 8.83. The smallest absolute Gasteiger partial charge is 0.342 e. The molecule has 1 aliphatic heterocycles. The Bertz CT molecular complexity index is 1320. The largest absolute Gasteiger partial charge is 0.350 e. The topological polar surface area (TPSA) is 60.1 Å². The maximum Gasteiger partial charge on any atom is 0.350 e. The quantitative estimate of drug-likeness (QED) is 0.456. The lowest BCUT2D eigenvalue weighted by Gasteiger charge is -2.31. The molecule has 1 saturated heterocycles. The van der Waals surface area contributed by atoms with Crippen molar-refractivity contribution in [3.05, 3.63) is 107 Å². The molecule has 1 aromatic heterocycles. The molecule has 0 N–H and O–H groups in total. The van der Waals surface area contributed by atoms with Crippen molar-refractivity contribution >= 4 is 5.91 Å². The van der Waals surface area contributed by atoms with Gasteiger partial charge in [0.05, 0.1) is 12.1 Å². The fourth-order valence-electron chi connectivity index (χ4n) is 4.69. The molecule has 0 unspecified atom stereocenters. The highest BCUT2D eigenvalue weighted by Crippen LogP contribution is 2.28. The third-order valence-corrected chi connectivity index (χ3v) is 6.59. The fourth-order valence-corrected chi connectivity index (χ4v) is 4.69. The molecule has 0 saturated carbocycles. The normalized spacial score (nSPS) is 14.3. The highest BCUT2D eigenvalue weighted by Gasteiger charge is 2.28. The summed E-state index contributed by atoms with van der Waals surface area (Å²) in [6.07, 6.45) is 1.99. The van der Waals surface area contributed by atoms with Crippen LogP contribution >= 0.6 is 0 Å². The number of nitrogens with zero attached hydrogens (tertiary/aromatic N) is 4. The molecule has 1 fully saturated rings. The second-order valence-electron chi connectivity index (χ2n) is 8.83. The van der Waals surface area contributed by atoms with Gasteiger partial charge in [-0.1, -0.05) is 72.8 Å². The number of hydrogen-bond acceptors (Lipinski definition) is 3. The Morgan fingerprint density at radius 1 is 0.853 bits per heavy atom. The lowest BCUT2D eigenvalue weighted by atomic mass is 9.95. The van der Waals surface area contributed by atoms with Crippen LogP contribution in [-0.4, -0.2) is 38.2 Å². The van der Waals surface area contributed by atoms with E-state index in [1.807, 2.05) is 65.6 Å². The molecule has 3 aromatic carbocycles. The third kappa shape index (κ3) is 4.44. The molecular weight excluding hydrogens is 424 g/mol. The SMILES string of the molecule is Cn1nc(C2CCN(C(=O)Cc3ccc(-c4ccccc4)cc3)CC2)n(-c2ccccc2)c1=O. The van der Waals surface area contributed by atoms with Gasteiger partial charge in [0.1, 0.15) is 5.82 Å². The number of hydrogen-bond donors (Lipinski definition) is 0. The molecule has 34 heavy (non-hydrogen) atoms. The fraction of sp³-hybridized carbons (Fsp3) is 0.250. The number of piperidine rings is 1. The zero-order chi connectivity index (χ0) is 23.5. The molecule has 0 aliphatic carbocycles. The Kier molecular flexibility index (Phi) is 6.12. The summed E-state index contributed by atoms with van der Waals surface area (Å²) in [5, 5.41) is 4.54. The number of carbonyl (C=O) groups excluding carboxylic acids is 1. The van der Waals surface area contributed by atoms with E-state index in [1.165, 1.54) is 10.2 Å². The van der Waals surface area contributed by atoms with Gasteiger partial charge in [0.15, 0.2) is 0 Å². The standard InChI is InChI=1S/C28H28N4O2/c1-30-28(34)32(25-10-6-3-7-11-25)27(29-30)24-16-18-31(19-17-24)26(33)20-21-12-14-23(15-13-21)22-8-4-2-5-9-22/h2-15,24H,16-20H2,1H3. The van der Waals surface area contributed by atoms with E-state index in [0.717, 1.165) is 35.5 Å². The predicted molar refractivity (Wildman–Crippen MR) is 133 cm³/mol. The van der Waals surface area contributed by atoms with Crippen LogP contribution < -0.4 is 5.69 Å². The van der Waals surface area contributed by atoms with Gasteiger partial charge in [-0.05, 0) is 41.7 Å². The number of carbonyl (C=O) groups is 1. The lowest BCUT2D eigenvalue weighted by Crippen LogP contribution is -2.39. The Labute approximate surface area is 199 Å². The molecule has 0 atom stereocenters. The van der Waals surface area contributed by atoms with E-state index in [1.54, 1.807) is 11.6 Å². The molecule has 6 nitrogen and oxygen atoms in total. The van der Waals surface area contributed by atoms with E-state index in [2.05, 4.69) is 29.4 Å². The highest BCUT2D eigenvalue weighted by molar-refractivity contribution is 5.79. The number of benzene rings is 3. The maximum absolute atomic E-state index is 13.0. The van der Waals surface area contributed by atoms with Crippen molar-refractivity contribution < 1.29 is 4.79 Å². The minimum Gasteiger partial charge on any atom is -0.342 e. The Balaban J connectivity index is 1.23. The van der Waals surface area contributed by atoms with Gasteiger partial charge < -0.3 is 4.90 Å². The van der Waals surface area contributed by atoms with Crippen LogP contribution in [0.1, 0.15) is 30.1 Å². The van der Waals surface area contributed by atoms with Crippen molar-refractivity contribution in [1.82, 2.24) is 19.2 Å². The van der Waals surface area contributed by atoms with Gasteiger partial charge in [0.2, 0.25) is 5.91 Å². The van der Waals surface area contributed by atoms with Gasteiger partial charge >= 0.3 is 5.69 Å². The van der Waals surface area contributed by atoms with Gasteiger partial charge in [-0.3, -0.25) is 4.79 Å². The van der Waals surface area contributed by atoms with Crippen LogP contribution in [0.5, 0.6) is 0 Å². The molecule has 1 aliphatic rings. The van der Waals surface area contributed by atoms with Crippen LogP contribution in [0.3, 0.4) is 0 Å². The summed E-state index contributed by atoms with van der Waals surface area (Å²) in [4.78, 5) is 27.6. The summed E-state index contributed by atoms with van der Waals surface area (Å²) in [5.41, 5.74) is 4.03.